The van der Waals surface area contributed by atoms with Crippen LogP contribution < -0.4 is 5.73 Å². The zero-order valence-corrected chi connectivity index (χ0v) is 12.4. The number of hydrogen-bond acceptors (Lipinski definition) is 5. The average Bonchev–Trinajstić information content (AvgIpc) is 2.49. The first kappa shape index (κ1) is 15.2. The van der Waals surface area contributed by atoms with Crippen molar-refractivity contribution in [2.45, 2.75) is 5.54 Å². The van der Waals surface area contributed by atoms with Crippen LogP contribution in [0.3, 0.4) is 0 Å². The van der Waals surface area contributed by atoms with Crippen molar-refractivity contribution in [3.63, 3.8) is 0 Å². The summed E-state index contributed by atoms with van der Waals surface area (Å²) < 4.78 is 16.3. The number of carbonyl (C=O) groups excluding carboxylic acids is 1. The quantitative estimate of drug-likeness (QED) is 0.797. The van der Waals surface area contributed by atoms with Gasteiger partial charge in [-0.1, -0.05) is 30.3 Å². The molecular weight excluding hydrogens is 276 g/mol. The molecule has 0 spiro atoms. The fraction of sp³-hybridized carbons (Fsp3) is 0.500. The molecular formula is C14H20N2O3S. The second kappa shape index (κ2) is 6.47. The van der Waals surface area contributed by atoms with Crippen molar-refractivity contribution in [3.8, 4) is 0 Å². The predicted octanol–water partition coefficient (Wildman–Crippen LogP) is 0.0779. The van der Waals surface area contributed by atoms with Gasteiger partial charge >= 0.3 is 5.97 Å². The SMILES string of the molecule is COC(=O)C(N)(CN1CCS(=O)CC1)c1ccccc1. The molecule has 5 nitrogen and oxygen atoms in total. The van der Waals surface area contributed by atoms with E-state index in [1.807, 2.05) is 30.3 Å². The summed E-state index contributed by atoms with van der Waals surface area (Å²) in [5, 5.41) is 0. The average molecular weight is 296 g/mol. The molecule has 6 heteroatoms. The third kappa shape index (κ3) is 3.26. The molecule has 0 aliphatic carbocycles. The fourth-order valence-corrected chi connectivity index (χ4v) is 3.51. The van der Waals surface area contributed by atoms with E-state index in [1.54, 1.807) is 0 Å². The van der Waals surface area contributed by atoms with E-state index in [-0.39, 0.29) is 0 Å². The van der Waals surface area contributed by atoms with Crippen LogP contribution in [0, 0.1) is 0 Å². The molecule has 1 aromatic rings. The van der Waals surface area contributed by atoms with Gasteiger partial charge in [-0.05, 0) is 5.56 Å². The molecule has 1 aliphatic heterocycles. The van der Waals surface area contributed by atoms with E-state index in [4.69, 9.17) is 10.5 Å². The van der Waals surface area contributed by atoms with Crippen LogP contribution in [0.25, 0.3) is 0 Å². The first-order chi connectivity index (χ1) is 9.56. The van der Waals surface area contributed by atoms with Crippen LogP contribution in [0.4, 0.5) is 0 Å². The second-order valence-corrected chi connectivity index (χ2v) is 6.65. The van der Waals surface area contributed by atoms with Crippen molar-refractivity contribution in [3.05, 3.63) is 35.9 Å². The molecule has 1 fully saturated rings. The Morgan fingerprint density at radius 1 is 1.35 bits per heavy atom. The highest BCUT2D eigenvalue weighted by Gasteiger charge is 2.39. The zero-order valence-electron chi connectivity index (χ0n) is 11.6. The van der Waals surface area contributed by atoms with Gasteiger partial charge in [-0.15, -0.1) is 0 Å². The molecule has 1 unspecified atom stereocenters. The molecule has 0 amide bonds. The molecule has 1 heterocycles. The Hall–Kier alpha value is -1.24. The highest BCUT2D eigenvalue weighted by molar-refractivity contribution is 7.85. The summed E-state index contributed by atoms with van der Waals surface area (Å²) in [7, 11) is 0.600. The van der Waals surface area contributed by atoms with Crippen LogP contribution in [0.15, 0.2) is 30.3 Å². The number of carbonyl (C=O) groups is 1. The second-order valence-electron chi connectivity index (χ2n) is 4.95. The molecule has 20 heavy (non-hydrogen) atoms. The molecule has 0 aromatic heterocycles. The topological polar surface area (TPSA) is 72.6 Å². The lowest BCUT2D eigenvalue weighted by atomic mass is 9.90. The van der Waals surface area contributed by atoms with Crippen molar-refractivity contribution in [1.29, 1.82) is 0 Å². The predicted molar refractivity (Wildman–Crippen MR) is 78.6 cm³/mol. The highest BCUT2D eigenvalue weighted by atomic mass is 32.2. The fourth-order valence-electron chi connectivity index (χ4n) is 2.38. The van der Waals surface area contributed by atoms with E-state index in [2.05, 4.69) is 4.90 Å². The number of hydrogen-bond donors (Lipinski definition) is 1. The van der Waals surface area contributed by atoms with Gasteiger partial charge in [0.25, 0.3) is 0 Å². The van der Waals surface area contributed by atoms with Gasteiger partial charge in [-0.25, -0.2) is 4.79 Å². The van der Waals surface area contributed by atoms with Gasteiger partial charge in [0.1, 0.15) is 0 Å². The van der Waals surface area contributed by atoms with Crippen LogP contribution >= 0.6 is 0 Å². The van der Waals surface area contributed by atoms with Crippen LogP contribution in [0.5, 0.6) is 0 Å². The molecule has 1 atom stereocenters. The molecule has 1 aliphatic rings. The number of nitrogens with two attached hydrogens (primary N) is 1. The summed E-state index contributed by atoms with van der Waals surface area (Å²) in [6.07, 6.45) is 0. The summed E-state index contributed by atoms with van der Waals surface area (Å²) in [6, 6.07) is 9.25. The van der Waals surface area contributed by atoms with Gasteiger partial charge in [0.15, 0.2) is 5.54 Å². The molecule has 0 saturated carbocycles. The van der Waals surface area contributed by atoms with E-state index in [1.165, 1.54) is 7.11 Å². The third-order valence-electron chi connectivity index (χ3n) is 3.58. The summed E-state index contributed by atoms with van der Waals surface area (Å²) in [4.78, 5) is 14.2. The van der Waals surface area contributed by atoms with Crippen LogP contribution in [-0.2, 0) is 25.9 Å². The monoisotopic (exact) mass is 296 g/mol. The molecule has 0 radical (unpaired) electrons. The highest BCUT2D eigenvalue weighted by Crippen LogP contribution is 2.22. The van der Waals surface area contributed by atoms with Crippen LogP contribution in [0.2, 0.25) is 0 Å². The molecule has 2 N–H and O–H groups in total. The lowest BCUT2D eigenvalue weighted by Crippen LogP contribution is -2.56. The summed E-state index contributed by atoms with van der Waals surface area (Å²) in [5.41, 5.74) is 5.90. The largest absolute Gasteiger partial charge is 0.467 e. The number of ether oxygens (including phenoxy) is 1. The Balaban J connectivity index is 2.20. The number of rotatable bonds is 4. The zero-order chi connectivity index (χ0) is 14.6. The van der Waals surface area contributed by atoms with Crippen molar-refractivity contribution in [2.24, 2.45) is 5.73 Å². The minimum absolute atomic E-state index is 0.376. The summed E-state index contributed by atoms with van der Waals surface area (Å²) >= 11 is 0. The van der Waals surface area contributed by atoms with Crippen molar-refractivity contribution >= 4 is 16.8 Å². The minimum atomic E-state index is -1.19. The normalized spacial score (nSPS) is 20.3. The van der Waals surface area contributed by atoms with E-state index in [9.17, 15) is 9.00 Å². The van der Waals surface area contributed by atoms with E-state index in [0.29, 0.717) is 31.1 Å². The Morgan fingerprint density at radius 3 is 2.50 bits per heavy atom. The van der Waals surface area contributed by atoms with Gasteiger partial charge in [-0.3, -0.25) is 9.11 Å². The van der Waals surface area contributed by atoms with Crippen molar-refractivity contribution in [2.75, 3.05) is 38.2 Å². The maximum Gasteiger partial charge on any atom is 0.331 e. The van der Waals surface area contributed by atoms with E-state index in [0.717, 1.165) is 5.56 Å². The number of benzene rings is 1. The Morgan fingerprint density at radius 2 is 1.95 bits per heavy atom. The Labute approximate surface area is 121 Å². The van der Waals surface area contributed by atoms with Gasteiger partial charge in [0.2, 0.25) is 0 Å². The molecule has 2 rings (SSSR count). The maximum absolute atomic E-state index is 12.1. The smallest absolute Gasteiger partial charge is 0.331 e. The van der Waals surface area contributed by atoms with Crippen molar-refractivity contribution in [1.82, 2.24) is 4.90 Å². The Bertz CT molecular complexity index is 484. The van der Waals surface area contributed by atoms with Crippen LogP contribution in [-0.4, -0.2) is 53.3 Å². The van der Waals surface area contributed by atoms with E-state index >= 15 is 0 Å². The van der Waals surface area contributed by atoms with E-state index < -0.39 is 22.3 Å². The number of nitrogens with zero attached hydrogens (tertiary/aromatic N) is 1. The lowest BCUT2D eigenvalue weighted by Gasteiger charge is -2.35. The maximum atomic E-state index is 12.1. The first-order valence-electron chi connectivity index (χ1n) is 6.56. The standard InChI is InChI=1S/C14H20N2O3S/c1-19-13(17)14(15,12-5-3-2-4-6-12)11-16-7-9-20(18)10-8-16/h2-6H,7-11,15H2,1H3. The number of esters is 1. The summed E-state index contributed by atoms with van der Waals surface area (Å²) in [5.74, 6) is 0.813. The summed E-state index contributed by atoms with van der Waals surface area (Å²) in [6.45, 7) is 1.76. The van der Waals surface area contributed by atoms with Gasteiger partial charge < -0.3 is 10.5 Å². The number of methoxy groups -OCH3 is 1. The Kier molecular flexibility index (Phi) is 4.91. The molecule has 110 valence electrons. The minimum Gasteiger partial charge on any atom is -0.467 e. The molecule has 0 bridgehead atoms. The van der Waals surface area contributed by atoms with Crippen LogP contribution in [0.1, 0.15) is 5.56 Å². The van der Waals surface area contributed by atoms with Gasteiger partial charge in [0.05, 0.1) is 7.11 Å². The molecule has 1 saturated heterocycles. The van der Waals surface area contributed by atoms with Crippen molar-refractivity contribution < 1.29 is 13.7 Å². The van der Waals surface area contributed by atoms with Gasteiger partial charge in [-0.2, -0.15) is 0 Å². The first-order valence-corrected chi connectivity index (χ1v) is 8.05. The third-order valence-corrected chi connectivity index (χ3v) is 4.86. The lowest BCUT2D eigenvalue weighted by molar-refractivity contribution is -0.148. The molecule has 1 aromatic carbocycles. The van der Waals surface area contributed by atoms with Gasteiger partial charge in [0, 0.05) is 41.9 Å².